The van der Waals surface area contributed by atoms with Crippen molar-refractivity contribution >= 4 is 5.97 Å². The van der Waals surface area contributed by atoms with Crippen LogP contribution in [0.5, 0.6) is 0 Å². The maximum absolute atomic E-state index is 11.3. The van der Waals surface area contributed by atoms with Gasteiger partial charge in [-0.05, 0) is 37.5 Å². The molecule has 2 unspecified atom stereocenters. The molecule has 0 saturated heterocycles. The highest BCUT2D eigenvalue weighted by atomic mass is 16.4. The predicted molar refractivity (Wildman–Crippen MR) is 55.0 cm³/mol. The number of carboxylic acid groups (broad SMARTS) is 1. The van der Waals surface area contributed by atoms with Crippen LogP contribution in [0.3, 0.4) is 0 Å². The summed E-state index contributed by atoms with van der Waals surface area (Å²) in [6.07, 6.45) is 7.81. The molecular formula is C12H20O2. The van der Waals surface area contributed by atoms with Crippen molar-refractivity contribution in [1.82, 2.24) is 0 Å². The topological polar surface area (TPSA) is 37.3 Å². The Morgan fingerprint density at radius 2 is 2.00 bits per heavy atom. The third-order valence-corrected chi connectivity index (χ3v) is 4.39. The first-order valence-electron chi connectivity index (χ1n) is 5.88. The van der Waals surface area contributed by atoms with Gasteiger partial charge in [0.1, 0.15) is 0 Å². The van der Waals surface area contributed by atoms with Gasteiger partial charge in [-0.1, -0.05) is 26.2 Å². The molecule has 14 heavy (non-hydrogen) atoms. The molecule has 2 aliphatic rings. The zero-order chi connectivity index (χ0) is 10.2. The van der Waals surface area contributed by atoms with Gasteiger partial charge in [-0.25, -0.2) is 0 Å². The van der Waals surface area contributed by atoms with Crippen molar-refractivity contribution in [3.05, 3.63) is 0 Å². The average molecular weight is 196 g/mol. The Hall–Kier alpha value is -0.530. The Morgan fingerprint density at radius 1 is 1.29 bits per heavy atom. The Labute approximate surface area is 85.7 Å². The molecule has 0 aromatic heterocycles. The molecule has 0 radical (unpaired) electrons. The zero-order valence-electron chi connectivity index (χ0n) is 8.96. The Kier molecular flexibility index (Phi) is 2.54. The van der Waals surface area contributed by atoms with Crippen molar-refractivity contribution in [1.29, 1.82) is 0 Å². The van der Waals surface area contributed by atoms with Crippen molar-refractivity contribution in [3.63, 3.8) is 0 Å². The molecule has 0 amide bonds. The molecule has 0 aromatic carbocycles. The molecule has 2 saturated carbocycles. The number of hydrogen-bond acceptors (Lipinski definition) is 1. The van der Waals surface area contributed by atoms with Crippen molar-refractivity contribution < 1.29 is 9.90 Å². The van der Waals surface area contributed by atoms with E-state index in [9.17, 15) is 9.90 Å². The first-order chi connectivity index (χ1) is 6.65. The monoisotopic (exact) mass is 196 g/mol. The molecule has 0 spiro atoms. The van der Waals surface area contributed by atoms with Gasteiger partial charge in [0.25, 0.3) is 0 Å². The van der Waals surface area contributed by atoms with Crippen LogP contribution in [-0.4, -0.2) is 11.1 Å². The standard InChI is InChI=1S/C12H20O2/c1-9-4-2-5-10(8-9)12(11(13)14)6-3-7-12/h9-10H,2-8H2,1H3,(H,13,14). The molecule has 2 aliphatic carbocycles. The quantitative estimate of drug-likeness (QED) is 0.737. The van der Waals surface area contributed by atoms with Crippen LogP contribution in [0.15, 0.2) is 0 Å². The Balaban J connectivity index is 2.07. The summed E-state index contributed by atoms with van der Waals surface area (Å²) in [4.78, 5) is 11.3. The second kappa shape index (κ2) is 3.56. The van der Waals surface area contributed by atoms with E-state index in [0.29, 0.717) is 5.92 Å². The van der Waals surface area contributed by atoms with Crippen LogP contribution in [0.1, 0.15) is 51.9 Å². The molecular weight excluding hydrogens is 176 g/mol. The highest BCUT2D eigenvalue weighted by molar-refractivity contribution is 5.76. The highest BCUT2D eigenvalue weighted by Crippen LogP contribution is 2.52. The third-order valence-electron chi connectivity index (χ3n) is 4.39. The minimum absolute atomic E-state index is 0.311. The summed E-state index contributed by atoms with van der Waals surface area (Å²) < 4.78 is 0. The summed E-state index contributed by atoms with van der Waals surface area (Å²) in [6, 6.07) is 0. The predicted octanol–water partition coefficient (Wildman–Crippen LogP) is 3.07. The van der Waals surface area contributed by atoms with Gasteiger partial charge in [-0.15, -0.1) is 0 Å². The second-order valence-electron chi connectivity index (χ2n) is 5.28. The minimum Gasteiger partial charge on any atom is -0.481 e. The first kappa shape index (κ1) is 10.0. The summed E-state index contributed by atoms with van der Waals surface area (Å²) in [5.41, 5.74) is -0.311. The number of rotatable bonds is 2. The van der Waals surface area contributed by atoms with E-state index in [1.807, 2.05) is 0 Å². The van der Waals surface area contributed by atoms with Gasteiger partial charge in [-0.2, -0.15) is 0 Å². The van der Waals surface area contributed by atoms with Crippen molar-refractivity contribution in [2.45, 2.75) is 51.9 Å². The average Bonchev–Trinajstić information content (AvgIpc) is 2.00. The SMILES string of the molecule is CC1CCCC(C2(C(=O)O)CCC2)C1. The molecule has 2 fully saturated rings. The normalized spacial score (nSPS) is 36.1. The summed E-state index contributed by atoms with van der Waals surface area (Å²) in [7, 11) is 0. The van der Waals surface area contributed by atoms with E-state index in [2.05, 4.69) is 6.92 Å². The van der Waals surface area contributed by atoms with E-state index < -0.39 is 5.97 Å². The number of aliphatic carboxylic acids is 1. The van der Waals surface area contributed by atoms with Gasteiger partial charge in [0.05, 0.1) is 5.41 Å². The molecule has 2 heteroatoms. The van der Waals surface area contributed by atoms with E-state index in [0.717, 1.165) is 38.0 Å². The second-order valence-corrected chi connectivity index (χ2v) is 5.28. The van der Waals surface area contributed by atoms with Crippen LogP contribution in [0.25, 0.3) is 0 Å². The number of carboxylic acids is 1. The van der Waals surface area contributed by atoms with Crippen LogP contribution in [0.2, 0.25) is 0 Å². The molecule has 2 nitrogen and oxygen atoms in total. The van der Waals surface area contributed by atoms with E-state index >= 15 is 0 Å². The lowest BCUT2D eigenvalue weighted by Crippen LogP contribution is -2.46. The van der Waals surface area contributed by atoms with Crippen molar-refractivity contribution in [2.24, 2.45) is 17.3 Å². The molecule has 2 atom stereocenters. The van der Waals surface area contributed by atoms with Crippen LogP contribution in [-0.2, 0) is 4.79 Å². The summed E-state index contributed by atoms with van der Waals surface area (Å²) in [5, 5.41) is 9.32. The smallest absolute Gasteiger partial charge is 0.309 e. The third kappa shape index (κ3) is 1.45. The van der Waals surface area contributed by atoms with Gasteiger partial charge in [0.15, 0.2) is 0 Å². The first-order valence-corrected chi connectivity index (χ1v) is 5.88. The molecule has 80 valence electrons. The van der Waals surface area contributed by atoms with Gasteiger partial charge in [0, 0.05) is 0 Å². The van der Waals surface area contributed by atoms with E-state index in [1.54, 1.807) is 0 Å². The van der Waals surface area contributed by atoms with E-state index in [1.165, 1.54) is 12.8 Å². The maximum Gasteiger partial charge on any atom is 0.309 e. The molecule has 1 N–H and O–H groups in total. The molecule has 2 rings (SSSR count). The maximum atomic E-state index is 11.3. The molecule has 0 aromatic rings. The fourth-order valence-corrected chi connectivity index (χ4v) is 3.29. The molecule has 0 aliphatic heterocycles. The Bertz CT molecular complexity index is 230. The lowest BCUT2D eigenvalue weighted by molar-refractivity contribution is -0.161. The van der Waals surface area contributed by atoms with Gasteiger partial charge < -0.3 is 5.11 Å². The van der Waals surface area contributed by atoms with Crippen molar-refractivity contribution in [3.8, 4) is 0 Å². The molecule has 0 heterocycles. The van der Waals surface area contributed by atoms with Crippen LogP contribution in [0.4, 0.5) is 0 Å². The minimum atomic E-state index is -0.525. The lowest BCUT2D eigenvalue weighted by Gasteiger charge is -2.46. The fourth-order valence-electron chi connectivity index (χ4n) is 3.29. The van der Waals surface area contributed by atoms with Crippen LogP contribution >= 0.6 is 0 Å². The van der Waals surface area contributed by atoms with E-state index in [-0.39, 0.29) is 5.41 Å². The van der Waals surface area contributed by atoms with Gasteiger partial charge in [-0.3, -0.25) is 4.79 Å². The summed E-state index contributed by atoms with van der Waals surface area (Å²) in [6.45, 7) is 2.26. The zero-order valence-corrected chi connectivity index (χ0v) is 8.96. The Morgan fingerprint density at radius 3 is 2.43 bits per heavy atom. The largest absolute Gasteiger partial charge is 0.481 e. The number of hydrogen-bond donors (Lipinski definition) is 1. The van der Waals surface area contributed by atoms with E-state index in [4.69, 9.17) is 0 Å². The van der Waals surface area contributed by atoms with Crippen molar-refractivity contribution in [2.75, 3.05) is 0 Å². The summed E-state index contributed by atoms with van der Waals surface area (Å²) in [5.74, 6) is 0.686. The van der Waals surface area contributed by atoms with Crippen LogP contribution < -0.4 is 0 Å². The van der Waals surface area contributed by atoms with Gasteiger partial charge >= 0.3 is 5.97 Å². The summed E-state index contributed by atoms with van der Waals surface area (Å²) >= 11 is 0. The molecule has 0 bridgehead atoms. The number of carbonyl (C=O) groups is 1. The lowest BCUT2D eigenvalue weighted by atomic mass is 9.56. The van der Waals surface area contributed by atoms with Crippen LogP contribution in [0, 0.1) is 17.3 Å². The fraction of sp³-hybridized carbons (Fsp3) is 0.917. The highest BCUT2D eigenvalue weighted by Gasteiger charge is 2.50. The van der Waals surface area contributed by atoms with Gasteiger partial charge in [0.2, 0.25) is 0 Å².